The first kappa shape index (κ1) is 11.5. The molecule has 18 heavy (non-hydrogen) atoms. The Morgan fingerprint density at radius 2 is 2.11 bits per heavy atom. The molecule has 2 aliphatic rings. The van der Waals surface area contributed by atoms with Gasteiger partial charge in [-0.15, -0.1) is 0 Å². The number of ether oxygens (including phenoxy) is 1. The van der Waals surface area contributed by atoms with Crippen LogP contribution in [0.3, 0.4) is 0 Å². The van der Waals surface area contributed by atoms with E-state index < -0.39 is 11.7 Å². The molecule has 1 fully saturated rings. The number of nitrogens with one attached hydrogen (secondary N) is 1. The zero-order valence-corrected chi connectivity index (χ0v) is 9.20. The van der Waals surface area contributed by atoms with Gasteiger partial charge in [0.15, 0.2) is 0 Å². The molecule has 3 atom stereocenters. The van der Waals surface area contributed by atoms with E-state index in [0.717, 1.165) is 17.7 Å². The van der Waals surface area contributed by atoms with Crippen LogP contribution < -0.4 is 5.32 Å². The molecule has 1 aromatic rings. The van der Waals surface area contributed by atoms with E-state index in [2.05, 4.69) is 5.32 Å². The molecule has 1 N–H and O–H groups in total. The van der Waals surface area contributed by atoms with E-state index in [1.54, 1.807) is 0 Å². The molecule has 96 valence electrons. The third-order valence-corrected chi connectivity index (χ3v) is 3.49. The number of amides is 1. The molecule has 2 heterocycles. The number of benzene rings is 1. The summed E-state index contributed by atoms with van der Waals surface area (Å²) < 4.78 is 43.4. The second-order valence-electron chi connectivity index (χ2n) is 4.51. The first-order valence-corrected chi connectivity index (χ1v) is 5.57. The van der Waals surface area contributed by atoms with Gasteiger partial charge in [0, 0.05) is 6.42 Å². The van der Waals surface area contributed by atoms with Crippen LogP contribution in [0.2, 0.25) is 0 Å². The largest absolute Gasteiger partial charge is 0.416 e. The summed E-state index contributed by atoms with van der Waals surface area (Å²) in [4.78, 5) is 10.4. The summed E-state index contributed by atoms with van der Waals surface area (Å²) in [7, 11) is 0. The van der Waals surface area contributed by atoms with Gasteiger partial charge < -0.3 is 10.1 Å². The van der Waals surface area contributed by atoms with Crippen molar-refractivity contribution in [1.29, 1.82) is 0 Å². The van der Waals surface area contributed by atoms with Crippen LogP contribution in [0.5, 0.6) is 0 Å². The number of fused-ring (bicyclic) bond motifs is 5. The molecule has 0 aromatic heterocycles. The Morgan fingerprint density at radius 3 is 2.78 bits per heavy atom. The Morgan fingerprint density at radius 1 is 1.33 bits per heavy atom. The van der Waals surface area contributed by atoms with Gasteiger partial charge >= 0.3 is 6.18 Å². The summed E-state index contributed by atoms with van der Waals surface area (Å²) in [5.74, 6) is 0. The Hall–Kier alpha value is -1.56. The fourth-order valence-corrected chi connectivity index (χ4v) is 2.70. The minimum atomic E-state index is -4.34. The third-order valence-electron chi connectivity index (χ3n) is 3.49. The van der Waals surface area contributed by atoms with Crippen LogP contribution in [0.4, 0.5) is 13.2 Å². The standard InChI is InChI=1S/C12H10F3NO2/c13-12(14,15)6-1-2-7-8(3-6)10-4-9(16-5-17)11(7)18-10/h1-3,5,9-11H,4H2,(H,16,17). The van der Waals surface area contributed by atoms with Crippen LogP contribution in [0.15, 0.2) is 18.2 Å². The molecule has 0 radical (unpaired) electrons. The summed E-state index contributed by atoms with van der Waals surface area (Å²) in [5, 5.41) is 2.63. The summed E-state index contributed by atoms with van der Waals surface area (Å²) in [5.41, 5.74) is 0.690. The van der Waals surface area contributed by atoms with Gasteiger partial charge in [0.25, 0.3) is 0 Å². The van der Waals surface area contributed by atoms with Crippen molar-refractivity contribution < 1.29 is 22.7 Å². The van der Waals surface area contributed by atoms with Crippen molar-refractivity contribution in [1.82, 2.24) is 5.32 Å². The van der Waals surface area contributed by atoms with Gasteiger partial charge in [0.1, 0.15) is 6.10 Å². The molecule has 3 nitrogen and oxygen atoms in total. The predicted molar refractivity (Wildman–Crippen MR) is 55.6 cm³/mol. The Kier molecular flexibility index (Phi) is 2.38. The van der Waals surface area contributed by atoms with Gasteiger partial charge in [-0.2, -0.15) is 13.2 Å². The van der Waals surface area contributed by atoms with Crippen molar-refractivity contribution in [2.45, 2.75) is 30.8 Å². The van der Waals surface area contributed by atoms with E-state index in [0.29, 0.717) is 18.4 Å². The average Bonchev–Trinajstić information content (AvgIpc) is 2.86. The smallest absolute Gasteiger partial charge is 0.363 e. The Bertz CT molecular complexity index is 501. The quantitative estimate of drug-likeness (QED) is 0.826. The molecule has 1 amide bonds. The second-order valence-corrected chi connectivity index (χ2v) is 4.51. The van der Waals surface area contributed by atoms with Crippen LogP contribution in [0, 0.1) is 0 Å². The zero-order valence-electron chi connectivity index (χ0n) is 9.20. The minimum Gasteiger partial charge on any atom is -0.363 e. The fourth-order valence-electron chi connectivity index (χ4n) is 2.70. The fraction of sp³-hybridized carbons (Fsp3) is 0.417. The van der Waals surface area contributed by atoms with E-state index >= 15 is 0 Å². The number of halogens is 3. The van der Waals surface area contributed by atoms with Gasteiger partial charge in [0.2, 0.25) is 6.41 Å². The highest BCUT2D eigenvalue weighted by molar-refractivity contribution is 5.49. The van der Waals surface area contributed by atoms with Crippen molar-refractivity contribution in [3.63, 3.8) is 0 Å². The summed E-state index contributed by atoms with van der Waals surface area (Å²) in [6, 6.07) is 3.51. The van der Waals surface area contributed by atoms with Crippen LogP contribution in [-0.2, 0) is 15.7 Å². The highest BCUT2D eigenvalue weighted by Crippen LogP contribution is 2.51. The van der Waals surface area contributed by atoms with E-state index in [4.69, 9.17) is 4.74 Å². The highest BCUT2D eigenvalue weighted by atomic mass is 19.4. The highest BCUT2D eigenvalue weighted by Gasteiger charge is 2.46. The van der Waals surface area contributed by atoms with Crippen molar-refractivity contribution in [3.8, 4) is 0 Å². The molecule has 1 aromatic carbocycles. The molecule has 3 unspecified atom stereocenters. The molecule has 1 saturated heterocycles. The van der Waals surface area contributed by atoms with E-state index in [-0.39, 0.29) is 18.2 Å². The zero-order chi connectivity index (χ0) is 12.9. The number of alkyl halides is 3. The molecule has 6 heteroatoms. The van der Waals surface area contributed by atoms with Crippen LogP contribution >= 0.6 is 0 Å². The molecular formula is C12H10F3NO2. The first-order valence-electron chi connectivity index (χ1n) is 5.57. The molecule has 0 saturated carbocycles. The number of carbonyl (C=O) groups excluding carboxylic acids is 1. The van der Waals surface area contributed by atoms with Gasteiger partial charge in [-0.05, 0) is 23.3 Å². The predicted octanol–water partition coefficient (Wildman–Crippen LogP) is 2.34. The van der Waals surface area contributed by atoms with Gasteiger partial charge in [-0.25, -0.2) is 0 Å². The number of hydrogen-bond donors (Lipinski definition) is 1. The average molecular weight is 257 g/mol. The van der Waals surface area contributed by atoms with E-state index in [9.17, 15) is 18.0 Å². The van der Waals surface area contributed by atoms with Crippen molar-refractivity contribution in [3.05, 3.63) is 34.9 Å². The summed E-state index contributed by atoms with van der Waals surface area (Å²) >= 11 is 0. The molecular weight excluding hydrogens is 247 g/mol. The third kappa shape index (κ3) is 1.59. The summed E-state index contributed by atoms with van der Waals surface area (Å²) in [6.07, 6.45) is -3.88. The normalized spacial score (nSPS) is 29.2. The van der Waals surface area contributed by atoms with Gasteiger partial charge in [0.05, 0.1) is 17.7 Å². The van der Waals surface area contributed by atoms with Crippen molar-refractivity contribution >= 4 is 6.41 Å². The lowest BCUT2D eigenvalue weighted by Crippen LogP contribution is -2.32. The van der Waals surface area contributed by atoms with E-state index in [1.165, 1.54) is 6.07 Å². The molecule has 2 bridgehead atoms. The van der Waals surface area contributed by atoms with Crippen LogP contribution in [0.1, 0.15) is 35.3 Å². The number of rotatable bonds is 2. The first-order chi connectivity index (χ1) is 8.50. The maximum absolute atomic E-state index is 12.6. The Labute approximate surface area is 101 Å². The number of hydrogen-bond acceptors (Lipinski definition) is 2. The van der Waals surface area contributed by atoms with E-state index in [1.807, 2.05) is 0 Å². The lowest BCUT2D eigenvalue weighted by molar-refractivity contribution is -0.137. The lowest BCUT2D eigenvalue weighted by Gasteiger charge is -2.21. The molecule has 0 aliphatic carbocycles. The SMILES string of the molecule is O=CNC1CC2OC1c1ccc(C(F)(F)F)cc12. The molecule has 3 rings (SSSR count). The maximum Gasteiger partial charge on any atom is 0.416 e. The monoisotopic (exact) mass is 257 g/mol. The number of carbonyl (C=O) groups is 1. The molecule has 2 aliphatic heterocycles. The van der Waals surface area contributed by atoms with Crippen LogP contribution in [0.25, 0.3) is 0 Å². The van der Waals surface area contributed by atoms with Crippen LogP contribution in [-0.4, -0.2) is 12.5 Å². The topological polar surface area (TPSA) is 38.3 Å². The maximum atomic E-state index is 12.6. The van der Waals surface area contributed by atoms with Crippen molar-refractivity contribution in [2.75, 3.05) is 0 Å². The van der Waals surface area contributed by atoms with Gasteiger partial charge in [-0.3, -0.25) is 4.79 Å². The summed E-state index contributed by atoms with van der Waals surface area (Å²) in [6.45, 7) is 0. The Balaban J connectivity index is 1.96. The minimum absolute atomic E-state index is 0.142. The lowest BCUT2D eigenvalue weighted by atomic mass is 9.87. The van der Waals surface area contributed by atoms with Gasteiger partial charge in [-0.1, -0.05) is 6.07 Å². The second kappa shape index (κ2) is 3.71. The van der Waals surface area contributed by atoms with Crippen molar-refractivity contribution in [2.24, 2.45) is 0 Å². The molecule has 0 spiro atoms.